The summed E-state index contributed by atoms with van der Waals surface area (Å²) >= 11 is 0. The van der Waals surface area contributed by atoms with E-state index in [4.69, 9.17) is 0 Å². The summed E-state index contributed by atoms with van der Waals surface area (Å²) in [6, 6.07) is 7.31. The Hall–Kier alpha value is -3.36. The number of aromatic nitrogens is 5. The molecule has 0 saturated carbocycles. The Kier molecular flexibility index (Phi) is 5.69. The second-order valence-electron chi connectivity index (χ2n) is 7.61. The molecule has 1 fully saturated rings. The molecule has 30 heavy (non-hydrogen) atoms. The number of carbonyl (C=O) groups excluding carboxylic acids is 1. The highest BCUT2D eigenvalue weighted by Crippen LogP contribution is 2.25. The van der Waals surface area contributed by atoms with Crippen LogP contribution in [0.1, 0.15) is 35.8 Å². The molecule has 1 saturated heterocycles. The molecule has 1 aliphatic heterocycles. The normalized spacial score (nSPS) is 19.0. The van der Waals surface area contributed by atoms with Gasteiger partial charge in [-0.1, -0.05) is 6.92 Å². The second-order valence-corrected chi connectivity index (χ2v) is 7.61. The lowest BCUT2D eigenvalue weighted by Crippen LogP contribution is -2.51. The summed E-state index contributed by atoms with van der Waals surface area (Å²) in [6.07, 6.45) is 5.95. The number of likely N-dealkylation sites (tertiary alicyclic amines) is 1. The Morgan fingerprint density at radius 1 is 1.20 bits per heavy atom. The van der Waals surface area contributed by atoms with Gasteiger partial charge in [0.05, 0.1) is 36.0 Å². The van der Waals surface area contributed by atoms with Crippen molar-refractivity contribution in [3.8, 4) is 5.69 Å². The second kappa shape index (κ2) is 8.56. The van der Waals surface area contributed by atoms with Gasteiger partial charge in [-0.2, -0.15) is 15.0 Å². The Balaban J connectivity index is 1.48. The van der Waals surface area contributed by atoms with Crippen LogP contribution in [-0.2, 0) is 0 Å². The molecule has 3 aromatic rings. The molecule has 0 unspecified atom stereocenters. The average Bonchev–Trinajstić information content (AvgIpc) is 3.20. The van der Waals surface area contributed by atoms with Crippen LogP contribution in [0.5, 0.6) is 0 Å². The molecule has 0 aliphatic carbocycles. The van der Waals surface area contributed by atoms with E-state index in [-0.39, 0.29) is 11.9 Å². The van der Waals surface area contributed by atoms with Gasteiger partial charge < -0.3 is 10.2 Å². The Labute approximate surface area is 174 Å². The summed E-state index contributed by atoms with van der Waals surface area (Å²) in [5.74, 6) is 0.191. The van der Waals surface area contributed by atoms with Gasteiger partial charge in [-0.3, -0.25) is 4.79 Å². The number of anilines is 1. The number of hydrogen-bond acceptors (Lipinski definition) is 6. The highest BCUT2D eigenvalue weighted by Gasteiger charge is 2.32. The summed E-state index contributed by atoms with van der Waals surface area (Å²) in [7, 11) is 0. The molecule has 1 N–H and O–H groups in total. The van der Waals surface area contributed by atoms with Crippen molar-refractivity contribution < 1.29 is 9.18 Å². The van der Waals surface area contributed by atoms with Crippen LogP contribution in [0, 0.1) is 18.7 Å². The van der Waals surface area contributed by atoms with E-state index in [0.717, 1.165) is 36.6 Å². The molecule has 8 nitrogen and oxygen atoms in total. The number of rotatable bonds is 5. The number of carbonyl (C=O) groups is 1. The predicted molar refractivity (Wildman–Crippen MR) is 110 cm³/mol. The first-order chi connectivity index (χ1) is 14.5. The van der Waals surface area contributed by atoms with Crippen LogP contribution >= 0.6 is 0 Å². The fourth-order valence-electron chi connectivity index (χ4n) is 3.78. The molecule has 1 aliphatic rings. The van der Waals surface area contributed by atoms with E-state index in [9.17, 15) is 9.18 Å². The number of nitrogens with one attached hydrogen (secondary N) is 1. The zero-order chi connectivity index (χ0) is 21.1. The van der Waals surface area contributed by atoms with Gasteiger partial charge in [0.2, 0.25) is 5.95 Å². The maximum Gasteiger partial charge on any atom is 0.254 e. The van der Waals surface area contributed by atoms with Crippen LogP contribution in [0.2, 0.25) is 0 Å². The van der Waals surface area contributed by atoms with Crippen LogP contribution in [0.25, 0.3) is 5.69 Å². The van der Waals surface area contributed by atoms with E-state index < -0.39 is 5.82 Å². The molecule has 156 valence electrons. The van der Waals surface area contributed by atoms with Gasteiger partial charge in [0.1, 0.15) is 0 Å². The third kappa shape index (κ3) is 4.29. The quantitative estimate of drug-likeness (QED) is 0.697. The fraction of sp³-hybridized carbons (Fsp3) is 0.381. The highest BCUT2D eigenvalue weighted by atomic mass is 19.1. The molecular formula is C21H24FN7O. The zero-order valence-electron chi connectivity index (χ0n) is 17.0. The van der Waals surface area contributed by atoms with Crippen LogP contribution in [0.4, 0.5) is 10.3 Å². The number of hydrogen-bond donors (Lipinski definition) is 1. The first-order valence-corrected chi connectivity index (χ1v) is 10.0. The standard InChI is InChI=1S/C21H24FN7O/c1-14-4-3-9-28(19(14)13-25-21-23-11-17(22)12-24-21)20(30)16-5-7-18(8-6-16)29-26-10-15(2)27-29/h5-8,10-12,14,19H,3-4,9,13H2,1-2H3,(H,23,24,25)/t14-,19-/m1/s1. The zero-order valence-corrected chi connectivity index (χ0v) is 17.0. The SMILES string of the molecule is Cc1cnn(-c2ccc(C(=O)N3CCC[C@@H](C)[C@H]3CNc3ncc(F)cn3)cc2)n1. The maximum absolute atomic E-state index is 13.2. The smallest absolute Gasteiger partial charge is 0.254 e. The van der Waals surface area contributed by atoms with E-state index in [1.807, 2.05) is 36.1 Å². The van der Waals surface area contributed by atoms with Crippen molar-refractivity contribution in [2.24, 2.45) is 5.92 Å². The minimum Gasteiger partial charge on any atom is -0.352 e. The highest BCUT2D eigenvalue weighted by molar-refractivity contribution is 5.94. The van der Waals surface area contributed by atoms with Crippen molar-refractivity contribution in [2.75, 3.05) is 18.4 Å². The molecule has 2 atom stereocenters. The molecule has 1 amide bonds. The number of amides is 1. The van der Waals surface area contributed by atoms with Crippen LogP contribution in [0.15, 0.2) is 42.9 Å². The molecule has 4 rings (SSSR count). The molecular weight excluding hydrogens is 385 g/mol. The fourth-order valence-corrected chi connectivity index (χ4v) is 3.78. The summed E-state index contributed by atoms with van der Waals surface area (Å²) in [5.41, 5.74) is 2.26. The van der Waals surface area contributed by atoms with Crippen LogP contribution in [-0.4, -0.2) is 54.9 Å². The predicted octanol–water partition coefficient (Wildman–Crippen LogP) is 2.86. The van der Waals surface area contributed by atoms with Gasteiger partial charge >= 0.3 is 0 Å². The molecule has 3 heterocycles. The minimum absolute atomic E-state index is 0.00462. The topological polar surface area (TPSA) is 88.8 Å². The lowest BCUT2D eigenvalue weighted by atomic mass is 9.90. The van der Waals surface area contributed by atoms with Gasteiger partial charge in [0, 0.05) is 18.7 Å². The van der Waals surface area contributed by atoms with Crippen molar-refractivity contribution in [3.63, 3.8) is 0 Å². The van der Waals surface area contributed by atoms with Crippen molar-refractivity contribution in [2.45, 2.75) is 32.7 Å². The summed E-state index contributed by atoms with van der Waals surface area (Å²) in [4.78, 5) is 24.6. The van der Waals surface area contributed by atoms with Crippen LogP contribution in [0.3, 0.4) is 0 Å². The Morgan fingerprint density at radius 3 is 2.60 bits per heavy atom. The van der Waals surface area contributed by atoms with E-state index in [2.05, 4.69) is 32.4 Å². The summed E-state index contributed by atoms with van der Waals surface area (Å²) < 4.78 is 13.0. The number of aryl methyl sites for hydroxylation is 1. The Morgan fingerprint density at radius 2 is 1.93 bits per heavy atom. The molecule has 0 radical (unpaired) electrons. The molecule has 0 spiro atoms. The van der Waals surface area contributed by atoms with E-state index >= 15 is 0 Å². The third-order valence-corrected chi connectivity index (χ3v) is 5.42. The van der Waals surface area contributed by atoms with Crippen molar-refractivity contribution in [3.05, 3.63) is 59.9 Å². The Bertz CT molecular complexity index is 1000. The molecule has 0 bridgehead atoms. The van der Waals surface area contributed by atoms with Crippen molar-refractivity contribution >= 4 is 11.9 Å². The first kappa shape index (κ1) is 19.9. The first-order valence-electron chi connectivity index (χ1n) is 10.0. The largest absolute Gasteiger partial charge is 0.352 e. The summed E-state index contributed by atoms with van der Waals surface area (Å²) in [5, 5.41) is 11.6. The molecule has 2 aromatic heterocycles. The van der Waals surface area contributed by atoms with Crippen molar-refractivity contribution in [1.82, 2.24) is 29.9 Å². The number of halogens is 1. The maximum atomic E-state index is 13.2. The van der Waals surface area contributed by atoms with Gasteiger partial charge in [-0.15, -0.1) is 0 Å². The average molecular weight is 409 g/mol. The van der Waals surface area contributed by atoms with E-state index in [1.54, 1.807) is 11.0 Å². The number of nitrogens with zero attached hydrogens (tertiary/aromatic N) is 6. The van der Waals surface area contributed by atoms with E-state index in [0.29, 0.717) is 30.5 Å². The monoisotopic (exact) mass is 409 g/mol. The lowest BCUT2D eigenvalue weighted by Gasteiger charge is -2.40. The third-order valence-electron chi connectivity index (χ3n) is 5.42. The van der Waals surface area contributed by atoms with Gasteiger partial charge in [0.15, 0.2) is 5.82 Å². The lowest BCUT2D eigenvalue weighted by molar-refractivity contribution is 0.0540. The number of piperidine rings is 1. The van der Waals surface area contributed by atoms with Gasteiger partial charge in [0.25, 0.3) is 5.91 Å². The van der Waals surface area contributed by atoms with E-state index in [1.165, 1.54) is 0 Å². The van der Waals surface area contributed by atoms with Gasteiger partial charge in [-0.05, 0) is 49.9 Å². The molecule has 1 aromatic carbocycles. The minimum atomic E-state index is -0.479. The van der Waals surface area contributed by atoms with Crippen molar-refractivity contribution in [1.29, 1.82) is 0 Å². The summed E-state index contributed by atoms with van der Waals surface area (Å²) in [6.45, 7) is 5.23. The number of benzene rings is 1. The molecule has 9 heteroatoms. The van der Waals surface area contributed by atoms with Crippen LogP contribution < -0.4 is 5.32 Å². The van der Waals surface area contributed by atoms with Gasteiger partial charge in [-0.25, -0.2) is 14.4 Å².